The Bertz CT molecular complexity index is 312. The molecule has 7 nitrogen and oxygen atoms in total. The van der Waals surface area contributed by atoms with E-state index in [1.165, 1.54) is 5.32 Å². The molecule has 0 unspecified atom stereocenters. The molecule has 1 amide bonds. The summed E-state index contributed by atoms with van der Waals surface area (Å²) in [5.41, 5.74) is 0. The van der Waals surface area contributed by atoms with Crippen LogP contribution in [0.1, 0.15) is 0 Å². The van der Waals surface area contributed by atoms with Gasteiger partial charge in [-0.3, -0.25) is 4.79 Å². The maximum absolute atomic E-state index is 12.0. The van der Waals surface area contributed by atoms with Crippen LogP contribution in [0, 0.1) is 0 Å². The smallest absolute Gasteiger partial charge is 0.394 e. The number of carbonyl (C=O) groups is 1. The minimum absolute atomic E-state index is 0.755. The maximum atomic E-state index is 12.0. The van der Waals surface area contributed by atoms with Crippen LogP contribution < -0.4 is 5.32 Å². The average Bonchev–Trinajstić information content (AvgIpc) is 2.27. The van der Waals surface area contributed by atoms with Gasteiger partial charge in [-0.15, -0.1) is 0 Å². The van der Waals surface area contributed by atoms with Gasteiger partial charge in [0, 0.05) is 0 Å². The Hall–Kier alpha value is -0.940. The van der Waals surface area contributed by atoms with Crippen LogP contribution in [-0.4, -0.2) is 69.8 Å². The Labute approximate surface area is 98.8 Å². The summed E-state index contributed by atoms with van der Waals surface area (Å²) in [6.45, 7) is -0.755. The fraction of sp³-hybridized carbons (Fsp3) is 0.875. The summed E-state index contributed by atoms with van der Waals surface area (Å²) in [4.78, 5) is 10.6. The number of carbonyl (C=O) groups excluding carboxylic acids is 1. The highest BCUT2D eigenvalue weighted by atomic mass is 19.4. The molecule has 0 aromatic heterocycles. The molecule has 0 saturated carbocycles. The zero-order valence-corrected chi connectivity index (χ0v) is 8.83. The minimum atomic E-state index is -5.20. The summed E-state index contributed by atoms with van der Waals surface area (Å²) in [7, 11) is 0. The van der Waals surface area contributed by atoms with Crippen molar-refractivity contribution in [3.05, 3.63) is 0 Å². The number of halogens is 3. The van der Waals surface area contributed by atoms with Crippen molar-refractivity contribution in [2.75, 3.05) is 6.61 Å². The molecule has 0 aromatic carbocycles. The summed E-state index contributed by atoms with van der Waals surface area (Å²) in [6, 6.07) is -1.85. The SMILES string of the molecule is O=C(N[C@H]1[C@@H](O)[C@H](O)[C@H](CO)O[C@H]1O)C(F)(F)F. The summed E-state index contributed by atoms with van der Waals surface area (Å²) in [6.07, 6.45) is -12.2. The van der Waals surface area contributed by atoms with Gasteiger partial charge in [0.15, 0.2) is 6.29 Å². The minimum Gasteiger partial charge on any atom is -0.394 e. The first kappa shape index (κ1) is 15.1. The third kappa shape index (κ3) is 3.09. The van der Waals surface area contributed by atoms with E-state index in [1.54, 1.807) is 0 Å². The molecular formula is C8H12F3NO6. The van der Waals surface area contributed by atoms with Gasteiger partial charge in [0.2, 0.25) is 0 Å². The van der Waals surface area contributed by atoms with Gasteiger partial charge in [0.1, 0.15) is 24.4 Å². The van der Waals surface area contributed by atoms with Gasteiger partial charge in [-0.2, -0.15) is 13.2 Å². The number of amides is 1. The predicted octanol–water partition coefficient (Wildman–Crippen LogP) is -2.54. The molecule has 10 heteroatoms. The summed E-state index contributed by atoms with van der Waals surface area (Å²) in [5.74, 6) is -2.39. The van der Waals surface area contributed by atoms with Crippen molar-refractivity contribution in [3.63, 3.8) is 0 Å². The number of hydrogen-bond acceptors (Lipinski definition) is 6. The van der Waals surface area contributed by atoms with Gasteiger partial charge in [-0.1, -0.05) is 0 Å². The van der Waals surface area contributed by atoms with Crippen LogP contribution in [-0.2, 0) is 9.53 Å². The quantitative estimate of drug-likeness (QED) is 0.379. The van der Waals surface area contributed by atoms with Crippen LogP contribution in [0.4, 0.5) is 13.2 Å². The molecule has 5 atom stereocenters. The van der Waals surface area contributed by atoms with Gasteiger partial charge in [0.05, 0.1) is 6.61 Å². The maximum Gasteiger partial charge on any atom is 0.471 e. The third-order valence-electron chi connectivity index (χ3n) is 2.46. The zero-order chi connectivity index (χ0) is 14.1. The number of rotatable bonds is 2. The second-order valence-electron chi connectivity index (χ2n) is 3.73. The van der Waals surface area contributed by atoms with E-state index in [2.05, 4.69) is 4.74 Å². The molecule has 1 heterocycles. The highest BCUT2D eigenvalue weighted by Crippen LogP contribution is 2.21. The van der Waals surface area contributed by atoms with Gasteiger partial charge in [-0.05, 0) is 0 Å². The first-order chi connectivity index (χ1) is 8.18. The number of alkyl halides is 3. The Morgan fingerprint density at radius 3 is 2.22 bits per heavy atom. The number of aliphatic hydroxyl groups is 4. The lowest BCUT2D eigenvalue weighted by molar-refractivity contribution is -0.256. The number of aliphatic hydroxyl groups excluding tert-OH is 4. The van der Waals surface area contributed by atoms with Crippen LogP contribution in [0.2, 0.25) is 0 Å². The Morgan fingerprint density at radius 2 is 1.78 bits per heavy atom. The lowest BCUT2D eigenvalue weighted by Crippen LogP contribution is -2.65. The molecule has 0 bridgehead atoms. The fourth-order valence-electron chi connectivity index (χ4n) is 1.49. The van der Waals surface area contributed by atoms with Crippen LogP contribution in [0.15, 0.2) is 0 Å². The van der Waals surface area contributed by atoms with Crippen LogP contribution in [0.5, 0.6) is 0 Å². The molecular weight excluding hydrogens is 263 g/mol. The normalized spacial score (nSPS) is 37.4. The molecule has 0 aliphatic carbocycles. The van der Waals surface area contributed by atoms with Gasteiger partial charge in [-0.25, -0.2) is 0 Å². The van der Waals surface area contributed by atoms with Crippen molar-refractivity contribution in [1.82, 2.24) is 5.32 Å². The second-order valence-corrected chi connectivity index (χ2v) is 3.73. The van der Waals surface area contributed by atoms with E-state index in [9.17, 15) is 33.3 Å². The number of hydrogen-bond donors (Lipinski definition) is 5. The lowest BCUT2D eigenvalue weighted by Gasteiger charge is -2.40. The Kier molecular flexibility index (Phi) is 4.50. The van der Waals surface area contributed by atoms with Gasteiger partial charge in [0.25, 0.3) is 0 Å². The molecule has 1 rings (SSSR count). The largest absolute Gasteiger partial charge is 0.471 e. The van der Waals surface area contributed by atoms with E-state index in [1.807, 2.05) is 0 Å². The topological polar surface area (TPSA) is 119 Å². The van der Waals surface area contributed by atoms with Crippen molar-refractivity contribution in [3.8, 4) is 0 Å². The molecule has 1 saturated heterocycles. The van der Waals surface area contributed by atoms with Crippen LogP contribution in [0.25, 0.3) is 0 Å². The van der Waals surface area contributed by atoms with Gasteiger partial charge >= 0.3 is 12.1 Å². The Morgan fingerprint density at radius 1 is 1.22 bits per heavy atom. The number of ether oxygens (including phenoxy) is 1. The van der Waals surface area contributed by atoms with E-state index in [0.29, 0.717) is 0 Å². The van der Waals surface area contributed by atoms with Crippen LogP contribution in [0.3, 0.4) is 0 Å². The molecule has 106 valence electrons. The molecule has 0 aromatic rings. The Balaban J connectivity index is 2.74. The third-order valence-corrected chi connectivity index (χ3v) is 2.46. The van der Waals surface area contributed by atoms with Crippen molar-refractivity contribution >= 4 is 5.91 Å². The molecule has 5 N–H and O–H groups in total. The fourth-order valence-corrected chi connectivity index (χ4v) is 1.49. The lowest BCUT2D eigenvalue weighted by atomic mass is 9.97. The summed E-state index contributed by atoms with van der Waals surface area (Å²) in [5, 5.41) is 38.1. The van der Waals surface area contributed by atoms with E-state index in [0.717, 1.165) is 0 Å². The monoisotopic (exact) mass is 275 g/mol. The first-order valence-electron chi connectivity index (χ1n) is 4.86. The highest BCUT2D eigenvalue weighted by molar-refractivity contribution is 5.82. The second kappa shape index (κ2) is 5.36. The van der Waals surface area contributed by atoms with E-state index >= 15 is 0 Å². The predicted molar refractivity (Wildman–Crippen MR) is 48.0 cm³/mol. The van der Waals surface area contributed by atoms with E-state index < -0.39 is 49.3 Å². The first-order valence-corrected chi connectivity index (χ1v) is 4.86. The molecule has 0 spiro atoms. The van der Waals surface area contributed by atoms with Crippen molar-refractivity contribution in [1.29, 1.82) is 0 Å². The van der Waals surface area contributed by atoms with E-state index in [4.69, 9.17) is 5.11 Å². The van der Waals surface area contributed by atoms with Crippen molar-refractivity contribution < 1.29 is 43.1 Å². The highest BCUT2D eigenvalue weighted by Gasteiger charge is 2.48. The van der Waals surface area contributed by atoms with Crippen molar-refractivity contribution in [2.24, 2.45) is 0 Å². The molecule has 1 fully saturated rings. The van der Waals surface area contributed by atoms with Crippen LogP contribution >= 0.6 is 0 Å². The molecule has 18 heavy (non-hydrogen) atoms. The summed E-state index contributed by atoms with van der Waals surface area (Å²) >= 11 is 0. The molecule has 1 aliphatic heterocycles. The number of nitrogens with one attached hydrogen (secondary N) is 1. The molecule has 0 radical (unpaired) electrons. The van der Waals surface area contributed by atoms with Gasteiger partial charge < -0.3 is 30.5 Å². The van der Waals surface area contributed by atoms with Crippen molar-refractivity contribution in [2.45, 2.75) is 36.8 Å². The average molecular weight is 275 g/mol. The summed E-state index contributed by atoms with van der Waals surface area (Å²) < 4.78 is 40.5. The van der Waals surface area contributed by atoms with E-state index in [-0.39, 0.29) is 0 Å². The standard InChI is InChI=1S/C8H12F3NO6/c9-8(10,11)7(17)12-3-5(15)4(14)2(1-13)18-6(3)16/h2-6,13-16H,1H2,(H,12,17)/t2-,3-,4+,5+,6+/m0/s1. The molecule has 1 aliphatic rings. The zero-order valence-electron chi connectivity index (χ0n) is 8.83.